The van der Waals surface area contributed by atoms with Crippen LogP contribution in [-0.2, 0) is 19.6 Å². The van der Waals surface area contributed by atoms with E-state index < -0.39 is 0 Å². The van der Waals surface area contributed by atoms with Gasteiger partial charge in [0.1, 0.15) is 0 Å². The highest BCUT2D eigenvalue weighted by molar-refractivity contribution is 6.10. The highest BCUT2D eigenvalue weighted by atomic mass is 15.0. The molecule has 0 spiro atoms. The molecule has 0 aliphatic carbocycles. The zero-order chi connectivity index (χ0) is 41.5. The van der Waals surface area contributed by atoms with E-state index in [1.54, 1.807) is 0 Å². The average molecular weight is 798 g/mol. The van der Waals surface area contributed by atoms with Gasteiger partial charge in [-0.05, 0) is 104 Å². The lowest BCUT2D eigenvalue weighted by Crippen LogP contribution is -1.97. The summed E-state index contributed by atoms with van der Waals surface area (Å²) >= 11 is 0. The second kappa shape index (κ2) is 18.6. The van der Waals surface area contributed by atoms with Crippen LogP contribution in [0.1, 0.15) is 120 Å². The largest absolute Gasteiger partial charge is 0.340 e. The first-order chi connectivity index (χ1) is 30.1. The van der Waals surface area contributed by atoms with Gasteiger partial charge in [-0.3, -0.25) is 0 Å². The summed E-state index contributed by atoms with van der Waals surface area (Å²) in [5.74, 6) is 14.2. The van der Waals surface area contributed by atoms with Crippen LogP contribution in [0.5, 0.6) is 0 Å². The van der Waals surface area contributed by atoms with Gasteiger partial charge in [-0.25, -0.2) is 0 Å². The molecular weight excluding hydrogens is 739 g/mol. The first kappa shape index (κ1) is 40.3. The molecule has 0 unspecified atom stereocenters. The van der Waals surface area contributed by atoms with Crippen molar-refractivity contribution in [3.8, 4) is 23.7 Å². The Labute approximate surface area is 362 Å². The Hall–Kier alpha value is -6.16. The maximum absolute atomic E-state index is 3.57. The Bertz CT molecular complexity index is 2920. The van der Waals surface area contributed by atoms with Crippen molar-refractivity contribution in [1.29, 1.82) is 0 Å². The zero-order valence-corrected chi connectivity index (χ0v) is 36.5. The van der Waals surface area contributed by atoms with Crippen molar-refractivity contribution in [2.45, 2.75) is 117 Å². The van der Waals surface area contributed by atoms with Crippen molar-refractivity contribution in [3.63, 3.8) is 0 Å². The number of benzene rings is 6. The second-order valence-corrected chi connectivity index (χ2v) is 17.1. The lowest BCUT2D eigenvalue weighted by Gasteiger charge is -2.07. The summed E-state index contributed by atoms with van der Waals surface area (Å²) in [5, 5.41) is 7.69. The van der Waals surface area contributed by atoms with Crippen LogP contribution in [0, 0.1) is 23.7 Å². The van der Waals surface area contributed by atoms with Crippen LogP contribution in [0.4, 0.5) is 0 Å². The molecule has 0 aliphatic heterocycles. The molecule has 9 aromatic rings. The Morgan fingerprint density at radius 3 is 0.885 bits per heavy atom. The van der Waals surface area contributed by atoms with E-state index in [9.17, 15) is 0 Å². The third-order valence-electron chi connectivity index (χ3n) is 12.8. The molecule has 0 saturated heterocycles. The van der Waals surface area contributed by atoms with Crippen LogP contribution in [0.15, 0.2) is 121 Å². The molecule has 0 bridgehead atoms. The molecular formula is C58H59N3. The summed E-state index contributed by atoms with van der Waals surface area (Å²) in [4.78, 5) is 0. The van der Waals surface area contributed by atoms with Crippen molar-refractivity contribution >= 4 is 65.4 Å². The number of nitrogens with zero attached hydrogens (tertiary/aromatic N) is 3. The molecule has 0 fully saturated rings. The fourth-order valence-corrected chi connectivity index (χ4v) is 9.62. The van der Waals surface area contributed by atoms with Gasteiger partial charge < -0.3 is 13.7 Å². The van der Waals surface area contributed by atoms with Crippen LogP contribution in [-0.4, -0.2) is 13.7 Å². The van der Waals surface area contributed by atoms with E-state index in [0.29, 0.717) is 0 Å². The van der Waals surface area contributed by atoms with Crippen molar-refractivity contribution in [3.05, 3.63) is 144 Å². The molecule has 3 aromatic heterocycles. The monoisotopic (exact) mass is 797 g/mol. The predicted octanol–water partition coefficient (Wildman–Crippen LogP) is 15.6. The van der Waals surface area contributed by atoms with E-state index in [2.05, 4.69) is 179 Å². The summed E-state index contributed by atoms with van der Waals surface area (Å²) in [6.07, 6.45) is 15.0. The van der Waals surface area contributed by atoms with E-state index in [0.717, 1.165) is 41.9 Å². The first-order valence-electron chi connectivity index (χ1n) is 23.3. The Balaban J connectivity index is 1.05. The van der Waals surface area contributed by atoms with Crippen molar-refractivity contribution < 1.29 is 0 Å². The van der Waals surface area contributed by atoms with Gasteiger partial charge in [0, 0.05) is 107 Å². The van der Waals surface area contributed by atoms with Crippen LogP contribution >= 0.6 is 0 Å². The van der Waals surface area contributed by atoms with Gasteiger partial charge in [0.25, 0.3) is 0 Å². The number of fused-ring (bicyclic) bond motifs is 9. The van der Waals surface area contributed by atoms with Gasteiger partial charge in [0.2, 0.25) is 0 Å². The van der Waals surface area contributed by atoms with E-state index in [1.165, 1.54) is 142 Å². The van der Waals surface area contributed by atoms with E-state index in [-0.39, 0.29) is 0 Å². The quantitative estimate of drug-likeness (QED) is 0.0725. The summed E-state index contributed by atoms with van der Waals surface area (Å²) < 4.78 is 7.54. The smallest absolute Gasteiger partial charge is 0.0492 e. The van der Waals surface area contributed by atoms with Gasteiger partial charge in [0.15, 0.2) is 0 Å². The number of hydrogen-bond donors (Lipinski definition) is 0. The molecule has 61 heavy (non-hydrogen) atoms. The zero-order valence-electron chi connectivity index (χ0n) is 36.5. The Kier molecular flexibility index (Phi) is 12.3. The van der Waals surface area contributed by atoms with Gasteiger partial charge in [0.05, 0.1) is 0 Å². The third-order valence-corrected chi connectivity index (χ3v) is 12.8. The average Bonchev–Trinajstić information content (AvgIpc) is 3.90. The second-order valence-electron chi connectivity index (χ2n) is 17.1. The van der Waals surface area contributed by atoms with Gasteiger partial charge in [-0.1, -0.05) is 139 Å². The number of aromatic nitrogens is 3. The van der Waals surface area contributed by atoms with Crippen LogP contribution in [0.25, 0.3) is 65.4 Å². The number of hydrogen-bond acceptors (Lipinski definition) is 0. The summed E-state index contributed by atoms with van der Waals surface area (Å²) in [6.45, 7) is 9.95. The maximum atomic E-state index is 3.57. The van der Waals surface area contributed by atoms with E-state index in [4.69, 9.17) is 0 Å². The van der Waals surface area contributed by atoms with Crippen molar-refractivity contribution in [1.82, 2.24) is 13.7 Å². The van der Waals surface area contributed by atoms with Crippen LogP contribution in [0.2, 0.25) is 0 Å². The normalized spacial score (nSPS) is 11.6. The van der Waals surface area contributed by atoms with E-state index in [1.807, 2.05) is 0 Å². The fraction of sp³-hybridized carbons (Fsp3) is 0.310. The van der Waals surface area contributed by atoms with Crippen LogP contribution < -0.4 is 0 Å². The molecule has 0 N–H and O–H groups in total. The minimum absolute atomic E-state index is 1.01. The summed E-state index contributed by atoms with van der Waals surface area (Å²) in [7, 11) is 0. The minimum atomic E-state index is 1.01. The third kappa shape index (κ3) is 8.32. The standard InChI is InChI=1S/C58H59N3/c1-4-7-10-17-36-59-53-22-15-13-20-47(53)49-39-43(28-32-55(49)59)24-26-45-30-34-57-51(41-45)52-42-46(31-35-58(52)61(57)38-19-12-9-6-3)27-25-44-29-33-56-50(40-44)48-21-14-16-23-54(48)60(56)37-18-11-8-5-2/h13-16,20-23,28-35,39-42H,4-12,17-19,36-38H2,1-3H3. The molecule has 0 aliphatic rings. The lowest BCUT2D eigenvalue weighted by molar-refractivity contribution is 0.602. The van der Waals surface area contributed by atoms with Crippen molar-refractivity contribution in [2.24, 2.45) is 0 Å². The predicted molar refractivity (Wildman–Crippen MR) is 263 cm³/mol. The molecule has 3 heteroatoms. The summed E-state index contributed by atoms with van der Waals surface area (Å²) in [5.41, 5.74) is 11.9. The number of unbranched alkanes of at least 4 members (excludes halogenated alkanes) is 9. The first-order valence-corrected chi connectivity index (χ1v) is 23.3. The number of para-hydroxylation sites is 2. The molecule has 0 saturated carbocycles. The van der Waals surface area contributed by atoms with Gasteiger partial charge >= 0.3 is 0 Å². The molecule has 306 valence electrons. The highest BCUT2D eigenvalue weighted by Crippen LogP contribution is 2.34. The molecule has 0 radical (unpaired) electrons. The summed E-state index contributed by atoms with van der Waals surface area (Å²) in [6, 6.07) is 44.8. The molecule has 9 rings (SSSR count). The number of aryl methyl sites for hydroxylation is 3. The number of rotatable bonds is 15. The molecule has 0 atom stereocenters. The Morgan fingerprint density at radius 1 is 0.295 bits per heavy atom. The Morgan fingerprint density at radius 2 is 0.574 bits per heavy atom. The SMILES string of the molecule is CCCCCCn1c2ccccc2c2cc(C#Cc3ccc4c(c3)c3cc(C#Cc5ccc6c(c5)c5ccccc5n6CCCCCC)ccc3n4CCCCCC)ccc21. The topological polar surface area (TPSA) is 14.8 Å². The maximum Gasteiger partial charge on any atom is 0.0492 e. The minimum Gasteiger partial charge on any atom is -0.340 e. The van der Waals surface area contributed by atoms with Gasteiger partial charge in [-0.15, -0.1) is 0 Å². The van der Waals surface area contributed by atoms with Gasteiger partial charge in [-0.2, -0.15) is 0 Å². The highest BCUT2D eigenvalue weighted by Gasteiger charge is 2.14. The molecule has 3 nitrogen and oxygen atoms in total. The van der Waals surface area contributed by atoms with Crippen molar-refractivity contribution in [2.75, 3.05) is 0 Å². The molecule has 0 amide bonds. The van der Waals surface area contributed by atoms with E-state index >= 15 is 0 Å². The fourth-order valence-electron chi connectivity index (χ4n) is 9.62. The lowest BCUT2D eigenvalue weighted by atomic mass is 10.1. The molecule has 6 aromatic carbocycles. The van der Waals surface area contributed by atoms with Crippen LogP contribution in [0.3, 0.4) is 0 Å². The molecule has 3 heterocycles.